The van der Waals surface area contributed by atoms with E-state index in [0.29, 0.717) is 23.7 Å². The first-order valence-electron chi connectivity index (χ1n) is 11.5. The standard InChI is InChI=1S/C25H28ClN5O5/c1-15-8-22(29-30(15)3)28-23(32)17-9-19(35-16(2)14-34-4)12-20(10-17)36-24-21(26)11-18(13-27-24)25(33)31-6-5-7-31/h8-13,16H,5-7,14H2,1-4H3,(H,28,29,32)/t16-/m0/s1. The van der Waals surface area contributed by atoms with E-state index in [4.69, 9.17) is 25.8 Å². The second kappa shape index (κ2) is 11.0. The van der Waals surface area contributed by atoms with Crippen molar-refractivity contribution in [3.8, 4) is 17.4 Å². The molecule has 0 unspecified atom stereocenters. The molecule has 3 aromatic rings. The molecule has 1 atom stereocenters. The summed E-state index contributed by atoms with van der Waals surface area (Å²) in [5.41, 5.74) is 1.58. The van der Waals surface area contributed by atoms with Crippen molar-refractivity contribution >= 4 is 29.2 Å². The van der Waals surface area contributed by atoms with Gasteiger partial charge >= 0.3 is 0 Å². The van der Waals surface area contributed by atoms with Crippen LogP contribution in [-0.4, -0.2) is 64.4 Å². The van der Waals surface area contributed by atoms with Crippen LogP contribution in [0.15, 0.2) is 36.5 Å². The van der Waals surface area contributed by atoms with Gasteiger partial charge in [-0.15, -0.1) is 0 Å². The summed E-state index contributed by atoms with van der Waals surface area (Å²) in [6.07, 6.45) is 2.15. The van der Waals surface area contributed by atoms with E-state index in [1.807, 2.05) is 13.8 Å². The highest BCUT2D eigenvalue weighted by molar-refractivity contribution is 6.32. The molecule has 0 radical (unpaired) electrons. The number of rotatable bonds is 9. The van der Waals surface area contributed by atoms with Crippen molar-refractivity contribution < 1.29 is 23.8 Å². The SMILES string of the molecule is COC[C@H](C)Oc1cc(Oc2ncc(C(=O)N3CCC3)cc2Cl)cc(C(=O)Nc2cc(C)n(C)n2)c1. The lowest BCUT2D eigenvalue weighted by Gasteiger charge is -2.30. The lowest BCUT2D eigenvalue weighted by molar-refractivity contribution is 0.0651. The molecule has 3 heterocycles. The van der Waals surface area contributed by atoms with Gasteiger partial charge < -0.3 is 24.4 Å². The monoisotopic (exact) mass is 513 g/mol. The fourth-order valence-corrected chi connectivity index (χ4v) is 3.78. The second-order valence-electron chi connectivity index (χ2n) is 8.58. The summed E-state index contributed by atoms with van der Waals surface area (Å²) in [6.45, 7) is 5.55. The second-order valence-corrected chi connectivity index (χ2v) is 8.99. The van der Waals surface area contributed by atoms with Gasteiger partial charge in [0.25, 0.3) is 11.8 Å². The zero-order valence-corrected chi connectivity index (χ0v) is 21.3. The molecule has 1 aliphatic rings. The van der Waals surface area contributed by atoms with Gasteiger partial charge in [0.15, 0.2) is 5.82 Å². The molecule has 1 aliphatic heterocycles. The number of hydrogen-bond donors (Lipinski definition) is 1. The zero-order chi connectivity index (χ0) is 25.8. The van der Waals surface area contributed by atoms with Crippen molar-refractivity contribution in [2.45, 2.75) is 26.4 Å². The molecular weight excluding hydrogens is 486 g/mol. The number of carbonyl (C=O) groups excluding carboxylic acids is 2. The Labute approximate surface area is 214 Å². The Bertz CT molecular complexity index is 1250. The Hall–Kier alpha value is -3.63. The van der Waals surface area contributed by atoms with Gasteiger partial charge in [0.05, 0.1) is 12.2 Å². The molecule has 1 saturated heterocycles. The van der Waals surface area contributed by atoms with E-state index in [2.05, 4.69) is 15.4 Å². The van der Waals surface area contributed by atoms with Gasteiger partial charge in [0, 0.05) is 56.8 Å². The zero-order valence-electron chi connectivity index (χ0n) is 20.6. The maximum Gasteiger partial charge on any atom is 0.257 e. The summed E-state index contributed by atoms with van der Waals surface area (Å²) in [6, 6.07) is 8.08. The summed E-state index contributed by atoms with van der Waals surface area (Å²) >= 11 is 6.39. The molecule has 10 nitrogen and oxygen atoms in total. The third-order valence-electron chi connectivity index (χ3n) is 5.65. The van der Waals surface area contributed by atoms with Crippen LogP contribution in [0, 0.1) is 6.92 Å². The average molecular weight is 514 g/mol. The van der Waals surface area contributed by atoms with Gasteiger partial charge in [-0.3, -0.25) is 14.3 Å². The largest absolute Gasteiger partial charge is 0.488 e. The number of nitrogens with one attached hydrogen (secondary N) is 1. The first-order chi connectivity index (χ1) is 17.2. The van der Waals surface area contributed by atoms with Crippen molar-refractivity contribution in [3.63, 3.8) is 0 Å². The van der Waals surface area contributed by atoms with Crippen molar-refractivity contribution in [2.75, 3.05) is 32.1 Å². The fraction of sp³-hybridized carbons (Fsp3) is 0.360. The number of aromatic nitrogens is 3. The fourth-order valence-electron chi connectivity index (χ4n) is 3.57. The summed E-state index contributed by atoms with van der Waals surface area (Å²) in [5.74, 6) is 0.709. The topological polar surface area (TPSA) is 108 Å². The van der Waals surface area contributed by atoms with E-state index in [-0.39, 0.29) is 34.2 Å². The third-order valence-corrected chi connectivity index (χ3v) is 5.92. The minimum Gasteiger partial charge on any atom is -0.488 e. The van der Waals surface area contributed by atoms with Gasteiger partial charge in [0.2, 0.25) is 5.88 Å². The number of amides is 2. The molecule has 0 spiro atoms. The Morgan fingerprint density at radius 2 is 1.89 bits per heavy atom. The molecule has 0 aliphatic carbocycles. The van der Waals surface area contributed by atoms with E-state index >= 15 is 0 Å². The predicted octanol–water partition coefficient (Wildman–Crippen LogP) is 4.08. The number of nitrogens with zero attached hydrogens (tertiary/aromatic N) is 4. The number of anilines is 1. The van der Waals surface area contributed by atoms with Crippen LogP contribution in [0.25, 0.3) is 0 Å². The lowest BCUT2D eigenvalue weighted by Crippen LogP contribution is -2.42. The van der Waals surface area contributed by atoms with Gasteiger partial charge in [-0.05, 0) is 38.5 Å². The maximum absolute atomic E-state index is 13.0. The Balaban J connectivity index is 1.58. The van der Waals surface area contributed by atoms with Crippen LogP contribution < -0.4 is 14.8 Å². The van der Waals surface area contributed by atoms with Gasteiger partial charge in [-0.25, -0.2) is 4.98 Å². The smallest absolute Gasteiger partial charge is 0.257 e. The number of aryl methyl sites for hydroxylation is 2. The molecule has 1 fully saturated rings. The van der Waals surface area contributed by atoms with E-state index in [9.17, 15) is 9.59 Å². The Kier molecular flexibility index (Phi) is 7.76. The number of pyridine rings is 1. The van der Waals surface area contributed by atoms with Crippen LogP contribution in [0.5, 0.6) is 17.4 Å². The normalized spacial score (nSPS) is 13.6. The molecule has 2 aromatic heterocycles. The number of likely N-dealkylation sites (tertiary alicyclic amines) is 1. The molecule has 11 heteroatoms. The van der Waals surface area contributed by atoms with Gasteiger partial charge in [-0.1, -0.05) is 11.6 Å². The molecule has 0 saturated carbocycles. The minimum absolute atomic E-state index is 0.102. The first-order valence-corrected chi connectivity index (χ1v) is 11.9. The third kappa shape index (κ3) is 5.95. The van der Waals surface area contributed by atoms with Gasteiger partial charge in [0.1, 0.15) is 22.6 Å². The highest BCUT2D eigenvalue weighted by atomic mass is 35.5. The van der Waals surface area contributed by atoms with Crippen molar-refractivity contribution in [3.05, 3.63) is 58.4 Å². The molecule has 4 rings (SSSR count). The van der Waals surface area contributed by atoms with Crippen molar-refractivity contribution in [2.24, 2.45) is 7.05 Å². The summed E-state index contributed by atoms with van der Waals surface area (Å²) in [5, 5.41) is 7.22. The summed E-state index contributed by atoms with van der Waals surface area (Å²) in [7, 11) is 3.37. The van der Waals surface area contributed by atoms with Crippen LogP contribution >= 0.6 is 11.6 Å². The van der Waals surface area contributed by atoms with Crippen molar-refractivity contribution in [1.82, 2.24) is 19.7 Å². The molecule has 1 N–H and O–H groups in total. The lowest BCUT2D eigenvalue weighted by atomic mass is 10.1. The predicted molar refractivity (Wildman–Crippen MR) is 134 cm³/mol. The number of methoxy groups -OCH3 is 1. The molecule has 2 amide bonds. The Morgan fingerprint density at radius 3 is 2.50 bits per heavy atom. The van der Waals surface area contributed by atoms with E-state index < -0.39 is 5.91 Å². The molecule has 1 aromatic carbocycles. The van der Waals surface area contributed by atoms with E-state index in [1.54, 1.807) is 48.0 Å². The highest BCUT2D eigenvalue weighted by Crippen LogP contribution is 2.32. The maximum atomic E-state index is 13.0. The quantitative estimate of drug-likeness (QED) is 0.459. The van der Waals surface area contributed by atoms with Crippen LogP contribution in [0.4, 0.5) is 5.82 Å². The van der Waals surface area contributed by atoms with Crippen LogP contribution in [-0.2, 0) is 11.8 Å². The molecular formula is C25H28ClN5O5. The summed E-state index contributed by atoms with van der Waals surface area (Å²) < 4.78 is 18.6. The van der Waals surface area contributed by atoms with Crippen LogP contribution in [0.1, 0.15) is 39.8 Å². The van der Waals surface area contributed by atoms with E-state index in [0.717, 1.165) is 25.2 Å². The average Bonchev–Trinajstić information content (AvgIpc) is 3.10. The number of carbonyl (C=O) groups is 2. The number of hydrogen-bond acceptors (Lipinski definition) is 7. The van der Waals surface area contributed by atoms with Gasteiger partial charge in [-0.2, -0.15) is 5.10 Å². The molecule has 36 heavy (non-hydrogen) atoms. The highest BCUT2D eigenvalue weighted by Gasteiger charge is 2.23. The summed E-state index contributed by atoms with van der Waals surface area (Å²) in [4.78, 5) is 31.4. The van der Waals surface area contributed by atoms with Crippen LogP contribution in [0.2, 0.25) is 5.02 Å². The molecule has 190 valence electrons. The van der Waals surface area contributed by atoms with E-state index in [1.165, 1.54) is 12.3 Å². The van der Waals surface area contributed by atoms with Crippen LogP contribution in [0.3, 0.4) is 0 Å². The number of benzene rings is 1. The number of halogens is 1. The van der Waals surface area contributed by atoms with Crippen molar-refractivity contribution in [1.29, 1.82) is 0 Å². The first kappa shape index (κ1) is 25.5. The Morgan fingerprint density at radius 1 is 1.14 bits per heavy atom. The minimum atomic E-state index is -0.391. The molecule has 0 bridgehead atoms. The number of ether oxygens (including phenoxy) is 3.